The summed E-state index contributed by atoms with van der Waals surface area (Å²) < 4.78 is 1.20. The average Bonchev–Trinajstić information content (AvgIpc) is 2.46. The Hall–Kier alpha value is -0.800. The summed E-state index contributed by atoms with van der Waals surface area (Å²) >= 11 is 2.35. The van der Waals surface area contributed by atoms with E-state index in [4.69, 9.17) is 5.26 Å². The van der Waals surface area contributed by atoms with E-state index in [1.54, 1.807) is 0 Å². The van der Waals surface area contributed by atoms with Crippen LogP contribution in [0.5, 0.6) is 0 Å². The molecular formula is C15H18IN3. The first-order valence-electron chi connectivity index (χ1n) is 6.96. The van der Waals surface area contributed by atoms with Crippen molar-refractivity contribution in [3.8, 4) is 6.07 Å². The quantitative estimate of drug-likeness (QED) is 0.716. The lowest BCUT2D eigenvalue weighted by molar-refractivity contribution is 0.133. The van der Waals surface area contributed by atoms with Crippen molar-refractivity contribution >= 4 is 28.3 Å². The summed E-state index contributed by atoms with van der Waals surface area (Å²) in [5.74, 6) is 0. The van der Waals surface area contributed by atoms with Gasteiger partial charge in [0.25, 0.3) is 0 Å². The number of fused-ring (bicyclic) bond motifs is 1. The molecule has 3 rings (SSSR count). The molecule has 0 saturated carbocycles. The lowest BCUT2D eigenvalue weighted by Crippen LogP contribution is -2.55. The minimum Gasteiger partial charge on any atom is -0.368 e. The van der Waals surface area contributed by atoms with Crippen LogP contribution in [0.4, 0.5) is 5.69 Å². The SMILES string of the molecule is N#Cc1ccc(N2CCN3CCCCC3C2)c(I)c1. The molecular weight excluding hydrogens is 349 g/mol. The van der Waals surface area contributed by atoms with Gasteiger partial charge in [0.2, 0.25) is 0 Å². The van der Waals surface area contributed by atoms with Crippen LogP contribution in [-0.2, 0) is 0 Å². The summed E-state index contributed by atoms with van der Waals surface area (Å²) in [6.07, 6.45) is 4.08. The van der Waals surface area contributed by atoms with Gasteiger partial charge in [-0.05, 0) is 60.2 Å². The van der Waals surface area contributed by atoms with Crippen LogP contribution in [-0.4, -0.2) is 37.1 Å². The van der Waals surface area contributed by atoms with Crippen molar-refractivity contribution in [1.29, 1.82) is 5.26 Å². The van der Waals surface area contributed by atoms with Gasteiger partial charge in [0.15, 0.2) is 0 Å². The maximum absolute atomic E-state index is 8.94. The van der Waals surface area contributed by atoms with Gasteiger partial charge in [0.1, 0.15) is 0 Å². The Balaban J connectivity index is 1.78. The standard InChI is InChI=1S/C15H18IN3/c16-14-9-12(10-17)4-5-15(14)19-8-7-18-6-2-1-3-13(18)11-19/h4-5,9,13H,1-3,6-8,11H2. The molecule has 0 aliphatic carbocycles. The third kappa shape index (κ3) is 2.72. The van der Waals surface area contributed by atoms with Gasteiger partial charge in [0, 0.05) is 29.2 Å². The third-order valence-electron chi connectivity index (χ3n) is 4.25. The molecule has 0 bridgehead atoms. The summed E-state index contributed by atoms with van der Waals surface area (Å²) in [6.45, 7) is 4.71. The number of hydrogen-bond donors (Lipinski definition) is 0. The molecule has 2 aliphatic heterocycles. The molecule has 1 atom stereocenters. The summed E-state index contributed by atoms with van der Waals surface area (Å²) in [6, 6.07) is 8.98. The molecule has 2 saturated heterocycles. The van der Waals surface area contributed by atoms with E-state index in [2.05, 4.69) is 44.5 Å². The number of anilines is 1. The lowest BCUT2D eigenvalue weighted by Gasteiger charge is -2.45. The first kappa shape index (κ1) is 13.2. The van der Waals surface area contributed by atoms with Crippen LogP contribution in [0.15, 0.2) is 18.2 Å². The molecule has 19 heavy (non-hydrogen) atoms. The molecule has 2 heterocycles. The van der Waals surface area contributed by atoms with Crippen LogP contribution in [0.3, 0.4) is 0 Å². The first-order chi connectivity index (χ1) is 9.28. The van der Waals surface area contributed by atoms with E-state index in [0.29, 0.717) is 0 Å². The maximum atomic E-state index is 8.94. The number of rotatable bonds is 1. The smallest absolute Gasteiger partial charge is 0.0992 e. The normalized spacial score (nSPS) is 23.8. The van der Waals surface area contributed by atoms with E-state index in [9.17, 15) is 0 Å². The molecule has 2 aliphatic rings. The van der Waals surface area contributed by atoms with Gasteiger partial charge in [0.05, 0.1) is 17.3 Å². The minimum absolute atomic E-state index is 0.731. The Morgan fingerprint density at radius 1 is 1.21 bits per heavy atom. The highest BCUT2D eigenvalue weighted by molar-refractivity contribution is 14.1. The first-order valence-corrected chi connectivity index (χ1v) is 8.04. The summed E-state index contributed by atoms with van der Waals surface area (Å²) in [5.41, 5.74) is 2.05. The van der Waals surface area contributed by atoms with Gasteiger partial charge in [-0.15, -0.1) is 0 Å². The molecule has 2 fully saturated rings. The van der Waals surface area contributed by atoms with Crippen molar-refractivity contribution in [3.63, 3.8) is 0 Å². The molecule has 0 radical (unpaired) electrons. The number of piperidine rings is 1. The Morgan fingerprint density at radius 2 is 2.11 bits per heavy atom. The van der Waals surface area contributed by atoms with E-state index in [1.165, 1.54) is 41.6 Å². The Labute approximate surface area is 128 Å². The second-order valence-corrected chi connectivity index (χ2v) is 6.57. The predicted molar refractivity (Wildman–Crippen MR) is 85.3 cm³/mol. The van der Waals surface area contributed by atoms with E-state index < -0.39 is 0 Å². The van der Waals surface area contributed by atoms with Gasteiger partial charge in [-0.3, -0.25) is 4.90 Å². The molecule has 0 aromatic heterocycles. The van der Waals surface area contributed by atoms with Gasteiger partial charge in [-0.1, -0.05) is 6.42 Å². The van der Waals surface area contributed by atoms with Crippen LogP contribution in [0.1, 0.15) is 24.8 Å². The van der Waals surface area contributed by atoms with Crippen LogP contribution in [0.25, 0.3) is 0 Å². The molecule has 1 aromatic rings. The van der Waals surface area contributed by atoms with E-state index in [-0.39, 0.29) is 0 Å². The Bertz CT molecular complexity index is 509. The second-order valence-electron chi connectivity index (χ2n) is 5.41. The highest BCUT2D eigenvalue weighted by Gasteiger charge is 2.29. The highest BCUT2D eigenvalue weighted by Crippen LogP contribution is 2.28. The Morgan fingerprint density at radius 3 is 2.89 bits per heavy atom. The van der Waals surface area contributed by atoms with Gasteiger partial charge < -0.3 is 4.90 Å². The summed E-state index contributed by atoms with van der Waals surface area (Å²) in [7, 11) is 0. The van der Waals surface area contributed by atoms with Crippen molar-refractivity contribution in [2.24, 2.45) is 0 Å². The monoisotopic (exact) mass is 367 g/mol. The van der Waals surface area contributed by atoms with Crippen LogP contribution in [0, 0.1) is 14.9 Å². The zero-order chi connectivity index (χ0) is 13.2. The fourth-order valence-electron chi connectivity index (χ4n) is 3.21. The van der Waals surface area contributed by atoms with Crippen molar-refractivity contribution in [1.82, 2.24) is 4.90 Å². The highest BCUT2D eigenvalue weighted by atomic mass is 127. The van der Waals surface area contributed by atoms with Crippen LogP contribution in [0.2, 0.25) is 0 Å². The van der Waals surface area contributed by atoms with E-state index >= 15 is 0 Å². The number of halogens is 1. The van der Waals surface area contributed by atoms with E-state index in [0.717, 1.165) is 24.7 Å². The van der Waals surface area contributed by atoms with Crippen molar-refractivity contribution in [2.75, 3.05) is 31.1 Å². The number of hydrogen-bond acceptors (Lipinski definition) is 3. The Kier molecular flexibility index (Phi) is 3.94. The number of nitrogens with zero attached hydrogens (tertiary/aromatic N) is 3. The zero-order valence-corrected chi connectivity index (χ0v) is 13.1. The number of benzene rings is 1. The second kappa shape index (κ2) is 5.68. The van der Waals surface area contributed by atoms with Crippen molar-refractivity contribution < 1.29 is 0 Å². The van der Waals surface area contributed by atoms with Gasteiger partial charge >= 0.3 is 0 Å². The summed E-state index contributed by atoms with van der Waals surface area (Å²) in [4.78, 5) is 5.14. The zero-order valence-electron chi connectivity index (χ0n) is 11.0. The summed E-state index contributed by atoms with van der Waals surface area (Å²) in [5, 5.41) is 8.94. The minimum atomic E-state index is 0.731. The number of piperazine rings is 1. The van der Waals surface area contributed by atoms with Crippen LogP contribution < -0.4 is 4.90 Å². The molecule has 0 N–H and O–H groups in total. The molecule has 100 valence electrons. The largest absolute Gasteiger partial charge is 0.368 e. The van der Waals surface area contributed by atoms with Crippen LogP contribution >= 0.6 is 22.6 Å². The molecule has 4 heteroatoms. The maximum Gasteiger partial charge on any atom is 0.0992 e. The molecule has 3 nitrogen and oxygen atoms in total. The number of nitriles is 1. The van der Waals surface area contributed by atoms with Gasteiger partial charge in [-0.2, -0.15) is 5.26 Å². The molecule has 0 amide bonds. The van der Waals surface area contributed by atoms with E-state index in [1.807, 2.05) is 12.1 Å². The van der Waals surface area contributed by atoms with Crippen molar-refractivity contribution in [2.45, 2.75) is 25.3 Å². The fourth-order valence-corrected chi connectivity index (χ4v) is 4.06. The molecule has 1 unspecified atom stereocenters. The topological polar surface area (TPSA) is 30.3 Å². The predicted octanol–water partition coefficient (Wildman–Crippen LogP) is 2.84. The average molecular weight is 367 g/mol. The lowest BCUT2D eigenvalue weighted by atomic mass is 9.99. The molecule has 0 spiro atoms. The van der Waals surface area contributed by atoms with Crippen molar-refractivity contribution in [3.05, 3.63) is 27.3 Å². The fraction of sp³-hybridized carbons (Fsp3) is 0.533. The third-order valence-corrected chi connectivity index (χ3v) is 5.12. The van der Waals surface area contributed by atoms with Gasteiger partial charge in [-0.25, -0.2) is 0 Å². The molecule has 1 aromatic carbocycles.